The van der Waals surface area contributed by atoms with E-state index in [0.717, 1.165) is 24.9 Å². The van der Waals surface area contributed by atoms with E-state index in [1.807, 2.05) is 36.0 Å². The van der Waals surface area contributed by atoms with Crippen LogP contribution in [0.5, 0.6) is 0 Å². The zero-order valence-corrected chi connectivity index (χ0v) is 17.2. The molecule has 144 valence electrons. The Morgan fingerprint density at radius 1 is 1.39 bits per heavy atom. The summed E-state index contributed by atoms with van der Waals surface area (Å²) in [6.07, 6.45) is 3.77. The molecule has 0 spiro atoms. The van der Waals surface area contributed by atoms with Gasteiger partial charge in [0.2, 0.25) is 5.95 Å². The third kappa shape index (κ3) is 3.21. The fourth-order valence-electron chi connectivity index (χ4n) is 3.81. The van der Waals surface area contributed by atoms with E-state index in [4.69, 9.17) is 10.7 Å². The van der Waals surface area contributed by atoms with Gasteiger partial charge in [-0.15, -0.1) is 0 Å². The van der Waals surface area contributed by atoms with Crippen LogP contribution in [0.15, 0.2) is 39.7 Å². The van der Waals surface area contributed by atoms with E-state index in [1.54, 1.807) is 10.6 Å². The fraction of sp³-hybridized carbons (Fsp3) is 0.350. The van der Waals surface area contributed by atoms with Crippen LogP contribution in [0.1, 0.15) is 24.0 Å². The van der Waals surface area contributed by atoms with Gasteiger partial charge in [-0.3, -0.25) is 9.36 Å². The SMILES string of the molecule is Cn1cc(Br)c2c(=O)n(Cc3ccccc3C#N)c(N3CCC[C@@H](N)C3)nc21. The maximum absolute atomic E-state index is 13.5. The van der Waals surface area contributed by atoms with Gasteiger partial charge in [0.1, 0.15) is 5.65 Å². The molecule has 1 aliphatic heterocycles. The van der Waals surface area contributed by atoms with Crippen molar-refractivity contribution < 1.29 is 0 Å². The second-order valence-electron chi connectivity index (χ2n) is 7.21. The van der Waals surface area contributed by atoms with Gasteiger partial charge in [-0.2, -0.15) is 10.2 Å². The highest BCUT2D eigenvalue weighted by Crippen LogP contribution is 2.25. The van der Waals surface area contributed by atoms with E-state index in [-0.39, 0.29) is 18.1 Å². The zero-order valence-electron chi connectivity index (χ0n) is 15.6. The molecule has 1 atom stereocenters. The Bertz CT molecular complexity index is 1140. The van der Waals surface area contributed by atoms with Gasteiger partial charge in [0, 0.05) is 32.4 Å². The number of fused-ring (bicyclic) bond motifs is 1. The van der Waals surface area contributed by atoms with E-state index in [2.05, 4.69) is 26.9 Å². The first kappa shape index (κ1) is 18.7. The molecule has 7 nitrogen and oxygen atoms in total. The van der Waals surface area contributed by atoms with Gasteiger partial charge in [-0.1, -0.05) is 18.2 Å². The van der Waals surface area contributed by atoms with Crippen molar-refractivity contribution >= 4 is 32.9 Å². The summed E-state index contributed by atoms with van der Waals surface area (Å²) in [6, 6.07) is 9.61. The molecule has 4 rings (SSSR count). The molecule has 1 aromatic carbocycles. The van der Waals surface area contributed by atoms with Crippen LogP contribution in [0.25, 0.3) is 11.0 Å². The Kier molecular flexibility index (Phi) is 4.96. The minimum absolute atomic E-state index is 0.0568. The minimum Gasteiger partial charge on any atom is -0.341 e. The monoisotopic (exact) mass is 440 g/mol. The molecular formula is C20H21BrN6O. The predicted molar refractivity (Wildman–Crippen MR) is 112 cm³/mol. The summed E-state index contributed by atoms with van der Waals surface area (Å²) in [5, 5.41) is 9.99. The maximum Gasteiger partial charge on any atom is 0.265 e. The third-order valence-corrected chi connectivity index (χ3v) is 5.82. The van der Waals surface area contributed by atoms with Gasteiger partial charge in [0.15, 0.2) is 0 Å². The first-order chi connectivity index (χ1) is 13.5. The number of benzene rings is 1. The number of hydrogen-bond donors (Lipinski definition) is 1. The first-order valence-corrected chi connectivity index (χ1v) is 10.0. The number of nitriles is 1. The van der Waals surface area contributed by atoms with Gasteiger partial charge >= 0.3 is 0 Å². The van der Waals surface area contributed by atoms with E-state index in [1.165, 1.54) is 0 Å². The smallest absolute Gasteiger partial charge is 0.265 e. The van der Waals surface area contributed by atoms with Crippen LogP contribution in [0.3, 0.4) is 0 Å². The summed E-state index contributed by atoms with van der Waals surface area (Å²) < 4.78 is 4.23. The third-order valence-electron chi connectivity index (χ3n) is 5.22. The van der Waals surface area contributed by atoms with E-state index < -0.39 is 0 Å². The van der Waals surface area contributed by atoms with Crippen molar-refractivity contribution in [2.45, 2.75) is 25.4 Å². The zero-order chi connectivity index (χ0) is 19.8. The van der Waals surface area contributed by atoms with Crippen LogP contribution in [-0.4, -0.2) is 33.2 Å². The average Bonchev–Trinajstić information content (AvgIpc) is 2.97. The molecule has 0 amide bonds. The number of aryl methyl sites for hydroxylation is 1. The minimum atomic E-state index is -0.126. The molecule has 0 aliphatic carbocycles. The lowest BCUT2D eigenvalue weighted by molar-refractivity contribution is 0.491. The molecule has 0 radical (unpaired) electrons. The topological polar surface area (TPSA) is 92.9 Å². The molecule has 2 N–H and O–H groups in total. The van der Waals surface area contributed by atoms with Crippen molar-refractivity contribution in [3.63, 3.8) is 0 Å². The van der Waals surface area contributed by atoms with E-state index in [0.29, 0.717) is 33.6 Å². The molecule has 0 bridgehead atoms. The molecule has 0 saturated carbocycles. The Morgan fingerprint density at radius 3 is 2.93 bits per heavy atom. The standard InChI is InChI=1S/C20H21BrN6O/c1-25-12-16(21)17-18(25)24-20(26-8-4-7-15(23)11-26)27(19(17)28)10-14-6-3-2-5-13(14)9-22/h2-3,5-6,12,15H,4,7-8,10-11,23H2,1H3/t15-/m1/s1. The molecule has 28 heavy (non-hydrogen) atoms. The molecule has 3 aromatic rings. The van der Waals surface area contributed by atoms with Gasteiger partial charge < -0.3 is 15.2 Å². The summed E-state index contributed by atoms with van der Waals surface area (Å²) in [5.74, 6) is 0.606. The normalized spacial score (nSPS) is 17.1. The van der Waals surface area contributed by atoms with Gasteiger partial charge in [-0.25, -0.2) is 0 Å². The van der Waals surface area contributed by atoms with Gasteiger partial charge in [0.25, 0.3) is 5.56 Å². The molecule has 3 heterocycles. The lowest BCUT2D eigenvalue weighted by Crippen LogP contribution is -2.45. The highest BCUT2D eigenvalue weighted by molar-refractivity contribution is 9.10. The lowest BCUT2D eigenvalue weighted by Gasteiger charge is -2.33. The summed E-state index contributed by atoms with van der Waals surface area (Å²) in [5.41, 5.74) is 8.04. The molecule has 2 aromatic heterocycles. The molecule has 1 fully saturated rings. The largest absolute Gasteiger partial charge is 0.341 e. The summed E-state index contributed by atoms with van der Waals surface area (Å²) in [6.45, 7) is 1.74. The number of piperidine rings is 1. The van der Waals surface area contributed by atoms with Crippen LogP contribution in [0.4, 0.5) is 5.95 Å². The lowest BCUT2D eigenvalue weighted by atomic mass is 10.1. The van der Waals surface area contributed by atoms with Crippen molar-refractivity contribution in [1.82, 2.24) is 14.1 Å². The van der Waals surface area contributed by atoms with E-state index >= 15 is 0 Å². The summed E-state index contributed by atoms with van der Waals surface area (Å²) >= 11 is 3.49. The molecule has 0 unspecified atom stereocenters. The van der Waals surface area contributed by atoms with Gasteiger partial charge in [0.05, 0.1) is 28.0 Å². The number of halogens is 1. The maximum atomic E-state index is 13.5. The molecule has 1 saturated heterocycles. The van der Waals surface area contributed by atoms with Crippen LogP contribution in [0.2, 0.25) is 0 Å². The van der Waals surface area contributed by atoms with Gasteiger partial charge in [-0.05, 0) is 40.4 Å². The predicted octanol–water partition coefficient (Wildman–Crippen LogP) is 2.34. The van der Waals surface area contributed by atoms with Crippen LogP contribution >= 0.6 is 15.9 Å². The van der Waals surface area contributed by atoms with Crippen LogP contribution in [0, 0.1) is 11.3 Å². The van der Waals surface area contributed by atoms with Crippen molar-refractivity contribution in [3.05, 3.63) is 56.4 Å². The number of aromatic nitrogens is 3. The fourth-order valence-corrected chi connectivity index (χ4v) is 4.46. The van der Waals surface area contributed by atoms with Crippen molar-refractivity contribution in [2.75, 3.05) is 18.0 Å². The first-order valence-electron chi connectivity index (χ1n) is 9.23. The Labute approximate surface area is 171 Å². The van der Waals surface area contributed by atoms with Crippen molar-refractivity contribution in [2.24, 2.45) is 12.8 Å². The molecule has 1 aliphatic rings. The number of anilines is 1. The molecule has 8 heteroatoms. The quantitative estimate of drug-likeness (QED) is 0.674. The second-order valence-corrected chi connectivity index (χ2v) is 8.06. The number of hydrogen-bond acceptors (Lipinski definition) is 5. The highest BCUT2D eigenvalue weighted by Gasteiger charge is 2.24. The number of nitrogens with zero attached hydrogens (tertiary/aromatic N) is 5. The van der Waals surface area contributed by atoms with Crippen LogP contribution < -0.4 is 16.2 Å². The molecular weight excluding hydrogens is 420 g/mol. The number of rotatable bonds is 3. The van der Waals surface area contributed by atoms with Crippen LogP contribution in [-0.2, 0) is 13.6 Å². The van der Waals surface area contributed by atoms with Crippen molar-refractivity contribution in [3.8, 4) is 6.07 Å². The summed E-state index contributed by atoms with van der Waals surface area (Å²) in [7, 11) is 1.88. The Hall–Kier alpha value is -2.63. The Morgan fingerprint density at radius 2 is 2.18 bits per heavy atom. The second kappa shape index (κ2) is 7.41. The summed E-state index contributed by atoms with van der Waals surface area (Å²) in [4.78, 5) is 20.4. The highest BCUT2D eigenvalue weighted by atomic mass is 79.9. The Balaban J connectivity index is 1.93. The van der Waals surface area contributed by atoms with E-state index in [9.17, 15) is 10.1 Å². The number of nitrogens with two attached hydrogens (primary N) is 1. The average molecular weight is 441 g/mol. The van der Waals surface area contributed by atoms with Crippen molar-refractivity contribution in [1.29, 1.82) is 5.26 Å².